The van der Waals surface area contributed by atoms with Gasteiger partial charge in [-0.3, -0.25) is 9.69 Å². The van der Waals surface area contributed by atoms with Crippen molar-refractivity contribution in [2.75, 3.05) is 24.5 Å². The van der Waals surface area contributed by atoms with Crippen LogP contribution in [-0.4, -0.2) is 36.6 Å². The maximum absolute atomic E-state index is 12.3. The van der Waals surface area contributed by atoms with Gasteiger partial charge in [-0.15, -0.1) is 0 Å². The van der Waals surface area contributed by atoms with Crippen molar-refractivity contribution in [1.29, 1.82) is 0 Å². The molecule has 27 heavy (non-hydrogen) atoms. The Hall–Kier alpha value is -3.72. The van der Waals surface area contributed by atoms with Crippen molar-refractivity contribution < 1.29 is 9.59 Å². The lowest BCUT2D eigenvalue weighted by Crippen LogP contribution is -2.27. The van der Waals surface area contributed by atoms with Gasteiger partial charge in [0.1, 0.15) is 0 Å². The van der Waals surface area contributed by atoms with Crippen molar-refractivity contribution in [2.45, 2.75) is 0 Å². The number of benzene rings is 2. The quantitative estimate of drug-likeness (QED) is 0.629. The molecule has 2 aromatic carbocycles. The van der Waals surface area contributed by atoms with Crippen molar-refractivity contribution in [3.8, 4) is 11.8 Å². The van der Waals surface area contributed by atoms with Crippen LogP contribution in [-0.2, 0) is 0 Å². The largest absolute Gasteiger partial charge is 0.360 e. The summed E-state index contributed by atoms with van der Waals surface area (Å²) in [7, 11) is 0. The first-order chi connectivity index (χ1) is 13.2. The molecule has 0 atom stereocenters. The number of anilines is 1. The van der Waals surface area contributed by atoms with Crippen molar-refractivity contribution in [2.24, 2.45) is 0 Å². The molecule has 3 aromatic rings. The van der Waals surface area contributed by atoms with E-state index in [0.717, 1.165) is 22.2 Å². The number of nitrogens with zero attached hydrogens (tertiary/aromatic N) is 1. The van der Waals surface area contributed by atoms with Gasteiger partial charge in [-0.1, -0.05) is 30.0 Å². The summed E-state index contributed by atoms with van der Waals surface area (Å²) in [5.41, 5.74) is 3.23. The van der Waals surface area contributed by atoms with E-state index in [9.17, 15) is 9.59 Å². The summed E-state index contributed by atoms with van der Waals surface area (Å²) < 4.78 is 0. The van der Waals surface area contributed by atoms with E-state index < -0.39 is 0 Å². The van der Waals surface area contributed by atoms with Crippen molar-refractivity contribution in [1.82, 2.24) is 15.6 Å². The molecule has 0 unspecified atom stereocenters. The first-order valence-electron chi connectivity index (χ1n) is 8.71. The molecule has 0 spiro atoms. The number of amides is 3. The minimum atomic E-state index is -0.155. The Morgan fingerprint density at radius 2 is 1.96 bits per heavy atom. The zero-order valence-electron chi connectivity index (χ0n) is 14.6. The highest BCUT2D eigenvalue weighted by Crippen LogP contribution is 2.18. The molecule has 1 aliphatic heterocycles. The highest BCUT2D eigenvalue weighted by molar-refractivity contribution is 6.06. The number of nitrogens with one attached hydrogen (secondary N) is 3. The summed E-state index contributed by atoms with van der Waals surface area (Å²) in [6, 6.07) is 15.1. The summed E-state index contributed by atoms with van der Waals surface area (Å²) >= 11 is 0. The minimum absolute atomic E-state index is 0.0752. The number of rotatable bonds is 3. The lowest BCUT2D eigenvalue weighted by Gasteiger charge is -2.13. The van der Waals surface area contributed by atoms with Crippen LogP contribution in [0.5, 0.6) is 0 Å². The highest BCUT2D eigenvalue weighted by Gasteiger charge is 2.20. The number of hydrogen-bond donors (Lipinski definition) is 3. The first kappa shape index (κ1) is 16.7. The Morgan fingerprint density at radius 1 is 1.15 bits per heavy atom. The number of para-hydroxylation sites is 1. The molecular formula is C21H18N4O2. The van der Waals surface area contributed by atoms with Gasteiger partial charge in [0.15, 0.2) is 0 Å². The van der Waals surface area contributed by atoms with E-state index >= 15 is 0 Å². The molecule has 4 rings (SSSR count). The number of hydrogen-bond acceptors (Lipinski definition) is 2. The van der Waals surface area contributed by atoms with Crippen LogP contribution < -0.4 is 15.5 Å². The summed E-state index contributed by atoms with van der Waals surface area (Å²) in [4.78, 5) is 28.7. The number of carbonyl (C=O) groups is 2. The maximum atomic E-state index is 12.3. The van der Waals surface area contributed by atoms with E-state index in [1.165, 1.54) is 0 Å². The number of H-pyrrole nitrogens is 1. The van der Waals surface area contributed by atoms with Gasteiger partial charge in [0.2, 0.25) is 0 Å². The predicted octanol–water partition coefficient (Wildman–Crippen LogP) is 2.48. The van der Waals surface area contributed by atoms with Gasteiger partial charge in [-0.05, 0) is 30.3 Å². The summed E-state index contributed by atoms with van der Waals surface area (Å²) in [6.45, 7) is 1.59. The van der Waals surface area contributed by atoms with Crippen LogP contribution in [0.4, 0.5) is 10.5 Å². The maximum Gasteiger partial charge on any atom is 0.321 e. The molecule has 6 heteroatoms. The zero-order chi connectivity index (χ0) is 18.6. The van der Waals surface area contributed by atoms with Crippen LogP contribution in [0.1, 0.15) is 15.9 Å². The molecule has 3 N–H and O–H groups in total. The fourth-order valence-corrected chi connectivity index (χ4v) is 3.07. The molecule has 0 aliphatic carbocycles. The third kappa shape index (κ3) is 3.48. The molecule has 1 aromatic heterocycles. The van der Waals surface area contributed by atoms with E-state index in [1.54, 1.807) is 11.1 Å². The molecule has 1 aliphatic rings. The second kappa shape index (κ2) is 7.26. The van der Waals surface area contributed by atoms with Gasteiger partial charge in [-0.25, -0.2) is 4.79 Å². The smallest absolute Gasteiger partial charge is 0.321 e. The third-order valence-electron chi connectivity index (χ3n) is 4.44. The minimum Gasteiger partial charge on any atom is -0.360 e. The molecule has 0 saturated carbocycles. The van der Waals surface area contributed by atoms with Gasteiger partial charge in [-0.2, -0.15) is 0 Å². The zero-order valence-corrected chi connectivity index (χ0v) is 14.6. The number of aromatic nitrogens is 1. The van der Waals surface area contributed by atoms with Crippen LogP contribution in [0.15, 0.2) is 54.7 Å². The Kier molecular flexibility index (Phi) is 4.50. The number of aromatic amines is 1. The first-order valence-corrected chi connectivity index (χ1v) is 8.71. The van der Waals surface area contributed by atoms with E-state index in [0.29, 0.717) is 18.7 Å². The SMILES string of the molecule is O=C(NCC#Cc1ccc(N2CCNC2=O)cc1)c1c[nH]c2ccccc12. The lowest BCUT2D eigenvalue weighted by molar-refractivity contribution is 0.0960. The summed E-state index contributed by atoms with van der Waals surface area (Å²) in [6.07, 6.45) is 1.71. The Morgan fingerprint density at radius 3 is 2.74 bits per heavy atom. The van der Waals surface area contributed by atoms with E-state index in [1.807, 2.05) is 48.5 Å². The van der Waals surface area contributed by atoms with Crippen molar-refractivity contribution in [3.63, 3.8) is 0 Å². The van der Waals surface area contributed by atoms with Gasteiger partial charge >= 0.3 is 6.03 Å². The molecule has 3 amide bonds. The Labute approximate surface area is 156 Å². The van der Waals surface area contributed by atoms with Crippen LogP contribution in [0.2, 0.25) is 0 Å². The molecule has 0 radical (unpaired) electrons. The molecule has 134 valence electrons. The van der Waals surface area contributed by atoms with Gasteiger partial charge in [0.25, 0.3) is 5.91 Å². The molecule has 0 bridgehead atoms. The van der Waals surface area contributed by atoms with Gasteiger partial charge in [0.05, 0.1) is 12.1 Å². The number of carbonyl (C=O) groups excluding carboxylic acids is 2. The van der Waals surface area contributed by atoms with Crippen molar-refractivity contribution in [3.05, 3.63) is 65.9 Å². The van der Waals surface area contributed by atoms with E-state index in [-0.39, 0.29) is 18.5 Å². The van der Waals surface area contributed by atoms with Gasteiger partial charge in [0, 0.05) is 41.4 Å². The second-order valence-corrected chi connectivity index (χ2v) is 6.16. The number of fused-ring (bicyclic) bond motifs is 1. The monoisotopic (exact) mass is 358 g/mol. The predicted molar refractivity (Wildman–Crippen MR) is 105 cm³/mol. The fraction of sp³-hybridized carbons (Fsp3) is 0.143. The summed E-state index contributed by atoms with van der Waals surface area (Å²) in [5, 5.41) is 6.48. The highest BCUT2D eigenvalue weighted by atomic mass is 16.2. The van der Waals surface area contributed by atoms with Crippen LogP contribution in [0, 0.1) is 11.8 Å². The molecule has 1 saturated heterocycles. The Balaban J connectivity index is 1.36. The van der Waals surface area contributed by atoms with E-state index in [2.05, 4.69) is 27.5 Å². The van der Waals surface area contributed by atoms with Gasteiger partial charge < -0.3 is 15.6 Å². The topological polar surface area (TPSA) is 77.2 Å². The fourth-order valence-electron chi connectivity index (χ4n) is 3.07. The van der Waals surface area contributed by atoms with E-state index in [4.69, 9.17) is 0 Å². The Bertz CT molecular complexity index is 1060. The molecule has 1 fully saturated rings. The molecular weight excluding hydrogens is 340 g/mol. The van der Waals surface area contributed by atoms with Crippen molar-refractivity contribution >= 4 is 28.5 Å². The lowest BCUT2D eigenvalue weighted by atomic mass is 10.1. The van der Waals surface area contributed by atoms with Crippen LogP contribution in [0.3, 0.4) is 0 Å². The number of urea groups is 1. The third-order valence-corrected chi connectivity index (χ3v) is 4.44. The standard InChI is InChI=1S/C21H18N4O2/c26-20(18-14-24-19-6-2-1-5-17(18)19)22-11-3-4-15-7-9-16(10-8-15)25-13-12-23-21(25)27/h1-2,5-10,14,24H,11-13H2,(H,22,26)(H,23,27). The molecule has 2 heterocycles. The summed E-state index contributed by atoms with van der Waals surface area (Å²) in [5.74, 6) is 5.82. The van der Waals surface area contributed by atoms with Crippen LogP contribution in [0.25, 0.3) is 10.9 Å². The molecule has 6 nitrogen and oxygen atoms in total. The second-order valence-electron chi connectivity index (χ2n) is 6.16. The normalized spacial score (nSPS) is 13.2. The average Bonchev–Trinajstić information content (AvgIpc) is 3.32. The average molecular weight is 358 g/mol. The van der Waals surface area contributed by atoms with Crippen LogP contribution >= 0.6 is 0 Å².